The fourth-order valence-electron chi connectivity index (χ4n) is 3.93. The Kier molecular flexibility index (Phi) is 4.48. The number of amides is 1. The van der Waals surface area contributed by atoms with Crippen LogP contribution in [0, 0.1) is 17.8 Å². The van der Waals surface area contributed by atoms with Crippen LogP contribution in [0.5, 0.6) is 0 Å². The minimum absolute atomic E-state index is 0.0584. The highest BCUT2D eigenvalue weighted by Crippen LogP contribution is 2.47. The second-order valence-electron chi connectivity index (χ2n) is 6.88. The molecule has 2 heterocycles. The molecule has 1 aliphatic heterocycles. The van der Waals surface area contributed by atoms with Crippen LogP contribution in [0.4, 0.5) is 0 Å². The van der Waals surface area contributed by atoms with Gasteiger partial charge in [0.15, 0.2) is 0 Å². The van der Waals surface area contributed by atoms with E-state index < -0.39 is 5.97 Å². The van der Waals surface area contributed by atoms with E-state index in [0.29, 0.717) is 22.3 Å². The Morgan fingerprint density at radius 1 is 1.24 bits per heavy atom. The van der Waals surface area contributed by atoms with Crippen LogP contribution in [0.15, 0.2) is 24.3 Å². The summed E-state index contributed by atoms with van der Waals surface area (Å²) in [5.41, 5.74) is 0.713. The van der Waals surface area contributed by atoms with Crippen LogP contribution in [0.1, 0.15) is 34.5 Å². The first-order chi connectivity index (χ1) is 12.1. The lowest BCUT2D eigenvalue weighted by Gasteiger charge is -2.22. The number of rotatable bonds is 5. The fourth-order valence-corrected chi connectivity index (χ4v) is 5.00. The molecule has 0 spiro atoms. The number of hydrogen-bond donors (Lipinski definition) is 2. The number of ether oxygens (including phenoxy) is 1. The highest BCUT2D eigenvalue weighted by Gasteiger charge is 2.47. The van der Waals surface area contributed by atoms with Crippen molar-refractivity contribution in [1.82, 2.24) is 5.32 Å². The molecule has 1 aliphatic carbocycles. The van der Waals surface area contributed by atoms with Gasteiger partial charge in [0.2, 0.25) is 5.91 Å². The predicted octanol–water partition coefficient (Wildman–Crippen LogP) is 3.28. The van der Waals surface area contributed by atoms with Crippen LogP contribution in [0.3, 0.4) is 0 Å². The Balaban J connectivity index is 1.43. The van der Waals surface area contributed by atoms with Gasteiger partial charge in [-0.05, 0) is 42.6 Å². The van der Waals surface area contributed by atoms with Crippen molar-refractivity contribution in [3.63, 3.8) is 0 Å². The van der Waals surface area contributed by atoms with E-state index in [1.165, 1.54) is 11.3 Å². The molecule has 6 heteroatoms. The van der Waals surface area contributed by atoms with E-state index in [2.05, 4.69) is 5.32 Å². The van der Waals surface area contributed by atoms with Crippen LogP contribution in [-0.2, 0) is 16.1 Å². The van der Waals surface area contributed by atoms with E-state index in [1.807, 2.05) is 24.3 Å². The number of fused-ring (bicyclic) bond motifs is 1. The van der Waals surface area contributed by atoms with E-state index in [0.717, 1.165) is 42.6 Å². The zero-order valence-electron chi connectivity index (χ0n) is 13.9. The summed E-state index contributed by atoms with van der Waals surface area (Å²) in [5, 5.41) is 13.3. The number of thiophene rings is 1. The Morgan fingerprint density at radius 3 is 2.76 bits per heavy atom. The van der Waals surface area contributed by atoms with Gasteiger partial charge in [0, 0.05) is 35.9 Å². The summed E-state index contributed by atoms with van der Waals surface area (Å²) >= 11 is 1.27. The summed E-state index contributed by atoms with van der Waals surface area (Å²) in [6, 6.07) is 7.63. The van der Waals surface area contributed by atoms with Crippen LogP contribution in [0.25, 0.3) is 10.1 Å². The topological polar surface area (TPSA) is 75.6 Å². The Bertz CT molecular complexity index is 809. The average Bonchev–Trinajstić information content (AvgIpc) is 3.35. The second kappa shape index (κ2) is 6.77. The summed E-state index contributed by atoms with van der Waals surface area (Å²) in [6.45, 7) is 1.89. The maximum absolute atomic E-state index is 12.5. The summed E-state index contributed by atoms with van der Waals surface area (Å²) in [5.74, 6) is 0.282. The lowest BCUT2D eigenvalue weighted by atomic mass is 9.93. The number of aromatic carboxylic acids is 1. The molecule has 2 aromatic rings. The molecule has 2 atom stereocenters. The van der Waals surface area contributed by atoms with Crippen LogP contribution >= 0.6 is 11.3 Å². The average molecular weight is 359 g/mol. The summed E-state index contributed by atoms with van der Waals surface area (Å²) in [7, 11) is 0. The molecule has 2 aliphatic rings. The van der Waals surface area contributed by atoms with Crippen LogP contribution in [-0.4, -0.2) is 30.2 Å². The monoisotopic (exact) mass is 359 g/mol. The van der Waals surface area contributed by atoms with Gasteiger partial charge >= 0.3 is 5.97 Å². The molecule has 1 saturated heterocycles. The third kappa shape index (κ3) is 3.28. The number of benzene rings is 1. The molecule has 0 bridgehead atoms. The number of carboxylic acid groups (broad SMARTS) is 1. The zero-order chi connectivity index (χ0) is 17.4. The number of carboxylic acids is 1. The van der Waals surface area contributed by atoms with Crippen molar-refractivity contribution >= 4 is 33.3 Å². The molecule has 1 saturated carbocycles. The van der Waals surface area contributed by atoms with Crippen molar-refractivity contribution in [2.24, 2.45) is 17.8 Å². The van der Waals surface area contributed by atoms with Gasteiger partial charge in [-0.3, -0.25) is 4.79 Å². The van der Waals surface area contributed by atoms with Crippen molar-refractivity contribution in [2.45, 2.75) is 25.8 Å². The standard InChI is InChI=1S/C19H21NO4S/c21-18(14-9-13(14)11-5-7-24-8-6-11)20-10-15-12-3-1-2-4-16(12)25-17(15)19(22)23/h1-4,11,13-14H,5-10H2,(H,20,21)(H,22,23)/t13-,14+/m0/s1. The zero-order valence-corrected chi connectivity index (χ0v) is 14.7. The fraction of sp³-hybridized carbons (Fsp3) is 0.474. The normalized spacial score (nSPS) is 23.5. The molecule has 1 aromatic heterocycles. The Labute approximate surface area is 150 Å². The van der Waals surface area contributed by atoms with Gasteiger partial charge in [0.25, 0.3) is 0 Å². The molecule has 2 N–H and O–H groups in total. The quantitative estimate of drug-likeness (QED) is 0.859. The van der Waals surface area contributed by atoms with Crippen molar-refractivity contribution in [1.29, 1.82) is 0 Å². The Hall–Kier alpha value is -1.92. The molecular weight excluding hydrogens is 338 g/mol. The van der Waals surface area contributed by atoms with Gasteiger partial charge in [0.1, 0.15) is 4.88 Å². The highest BCUT2D eigenvalue weighted by molar-refractivity contribution is 7.21. The van der Waals surface area contributed by atoms with E-state index in [4.69, 9.17) is 4.74 Å². The second-order valence-corrected chi connectivity index (χ2v) is 7.94. The molecule has 2 fully saturated rings. The molecule has 1 aromatic carbocycles. The first kappa shape index (κ1) is 16.5. The molecular formula is C19H21NO4S. The molecule has 4 rings (SSSR count). The largest absolute Gasteiger partial charge is 0.477 e. The van der Waals surface area contributed by atoms with Crippen molar-refractivity contribution in [3.8, 4) is 0 Å². The van der Waals surface area contributed by atoms with Gasteiger partial charge in [-0.2, -0.15) is 0 Å². The van der Waals surface area contributed by atoms with Crippen molar-refractivity contribution < 1.29 is 19.4 Å². The van der Waals surface area contributed by atoms with Gasteiger partial charge in [-0.1, -0.05) is 18.2 Å². The number of carbonyl (C=O) groups excluding carboxylic acids is 1. The maximum atomic E-state index is 12.5. The van der Waals surface area contributed by atoms with E-state index in [-0.39, 0.29) is 18.4 Å². The molecule has 5 nitrogen and oxygen atoms in total. The molecule has 132 valence electrons. The van der Waals surface area contributed by atoms with E-state index >= 15 is 0 Å². The van der Waals surface area contributed by atoms with Gasteiger partial charge in [-0.25, -0.2) is 4.79 Å². The summed E-state index contributed by atoms with van der Waals surface area (Å²) in [6.07, 6.45) is 3.05. The predicted molar refractivity (Wildman–Crippen MR) is 95.8 cm³/mol. The maximum Gasteiger partial charge on any atom is 0.346 e. The van der Waals surface area contributed by atoms with E-state index in [1.54, 1.807) is 0 Å². The SMILES string of the molecule is O=C(O)c1sc2ccccc2c1CNC(=O)[C@@H]1C[C@H]1C1CCOCC1. The van der Waals surface area contributed by atoms with Gasteiger partial charge in [-0.15, -0.1) is 11.3 Å². The minimum atomic E-state index is -0.933. The van der Waals surface area contributed by atoms with Crippen LogP contribution < -0.4 is 5.32 Å². The molecule has 1 amide bonds. The number of hydrogen-bond acceptors (Lipinski definition) is 4. The van der Waals surface area contributed by atoms with E-state index in [9.17, 15) is 14.7 Å². The lowest BCUT2D eigenvalue weighted by molar-refractivity contribution is -0.123. The summed E-state index contributed by atoms with van der Waals surface area (Å²) in [4.78, 5) is 24.3. The third-order valence-corrected chi connectivity index (χ3v) is 6.58. The molecule has 0 unspecified atom stereocenters. The first-order valence-corrected chi connectivity index (χ1v) is 9.56. The van der Waals surface area contributed by atoms with Crippen molar-refractivity contribution in [2.75, 3.05) is 13.2 Å². The lowest BCUT2D eigenvalue weighted by Crippen LogP contribution is -2.27. The van der Waals surface area contributed by atoms with Crippen molar-refractivity contribution in [3.05, 3.63) is 34.7 Å². The number of carbonyl (C=O) groups is 2. The Morgan fingerprint density at radius 2 is 2.00 bits per heavy atom. The van der Waals surface area contributed by atoms with Crippen LogP contribution in [0.2, 0.25) is 0 Å². The first-order valence-electron chi connectivity index (χ1n) is 8.74. The summed E-state index contributed by atoms with van der Waals surface area (Å²) < 4.78 is 6.33. The third-order valence-electron chi connectivity index (χ3n) is 5.38. The highest BCUT2D eigenvalue weighted by atomic mass is 32.1. The number of nitrogens with one attached hydrogen (secondary N) is 1. The smallest absolute Gasteiger partial charge is 0.346 e. The molecule has 0 radical (unpaired) electrons. The van der Waals surface area contributed by atoms with Gasteiger partial charge < -0.3 is 15.2 Å². The minimum Gasteiger partial charge on any atom is -0.477 e. The van der Waals surface area contributed by atoms with Gasteiger partial charge in [0.05, 0.1) is 0 Å². The molecule has 25 heavy (non-hydrogen) atoms.